The summed E-state index contributed by atoms with van der Waals surface area (Å²) in [5.74, 6) is 0.0222. The fourth-order valence-electron chi connectivity index (χ4n) is 2.57. The van der Waals surface area contributed by atoms with Crippen LogP contribution in [0.25, 0.3) is 22.4 Å². The monoisotopic (exact) mass is 289 g/mol. The van der Waals surface area contributed by atoms with Crippen LogP contribution in [0, 0.1) is 13.8 Å². The number of carbonyl (C=O) groups is 1. The Bertz CT molecular complexity index is 808. The highest BCUT2D eigenvalue weighted by atomic mass is 16.1. The molecule has 2 aromatic carbocycles. The molecule has 0 bridgehead atoms. The van der Waals surface area contributed by atoms with E-state index in [4.69, 9.17) is 0 Å². The van der Waals surface area contributed by atoms with Gasteiger partial charge in [0.2, 0.25) is 5.91 Å². The lowest BCUT2D eigenvalue weighted by Gasteiger charge is -2.05. The van der Waals surface area contributed by atoms with Gasteiger partial charge in [-0.05, 0) is 31.0 Å². The van der Waals surface area contributed by atoms with Crippen LogP contribution in [0.1, 0.15) is 22.8 Å². The van der Waals surface area contributed by atoms with Crippen molar-refractivity contribution in [2.45, 2.75) is 20.8 Å². The van der Waals surface area contributed by atoms with Gasteiger partial charge in [-0.3, -0.25) is 9.36 Å². The van der Waals surface area contributed by atoms with E-state index in [1.807, 2.05) is 6.20 Å². The molecule has 0 fully saturated rings. The molecule has 0 saturated carbocycles. The molecule has 2 nitrogen and oxygen atoms in total. The molecule has 22 heavy (non-hydrogen) atoms. The van der Waals surface area contributed by atoms with Crippen molar-refractivity contribution in [3.8, 4) is 22.4 Å². The number of carbonyl (C=O) groups excluding carboxylic acids is 1. The Morgan fingerprint density at radius 2 is 1.27 bits per heavy atom. The van der Waals surface area contributed by atoms with Gasteiger partial charge in [-0.1, -0.05) is 59.7 Å². The van der Waals surface area contributed by atoms with Gasteiger partial charge in [-0.2, -0.15) is 0 Å². The Labute approximate surface area is 131 Å². The lowest BCUT2D eigenvalue weighted by Crippen LogP contribution is -2.05. The number of aryl methyl sites for hydroxylation is 2. The van der Waals surface area contributed by atoms with Crippen molar-refractivity contribution >= 4 is 5.91 Å². The standard InChI is InChI=1S/C20H19NO/c1-14-4-8-17(9-5-14)19-12-20(21(13-19)16(3)22)18-10-6-15(2)7-11-18/h4-13H,1-3H3. The van der Waals surface area contributed by atoms with Crippen LogP contribution >= 0.6 is 0 Å². The molecule has 1 heterocycles. The van der Waals surface area contributed by atoms with Crippen LogP contribution < -0.4 is 0 Å². The van der Waals surface area contributed by atoms with E-state index >= 15 is 0 Å². The maximum absolute atomic E-state index is 12.0. The summed E-state index contributed by atoms with van der Waals surface area (Å²) < 4.78 is 1.72. The molecule has 0 radical (unpaired) electrons. The number of aromatic nitrogens is 1. The van der Waals surface area contributed by atoms with Crippen LogP contribution in [-0.4, -0.2) is 10.5 Å². The van der Waals surface area contributed by atoms with E-state index in [-0.39, 0.29) is 5.91 Å². The van der Waals surface area contributed by atoms with Gasteiger partial charge < -0.3 is 0 Å². The zero-order valence-electron chi connectivity index (χ0n) is 13.1. The van der Waals surface area contributed by atoms with Crippen LogP contribution in [0.5, 0.6) is 0 Å². The van der Waals surface area contributed by atoms with Crippen molar-refractivity contribution in [2.24, 2.45) is 0 Å². The Kier molecular flexibility index (Phi) is 3.68. The van der Waals surface area contributed by atoms with Gasteiger partial charge in [-0.25, -0.2) is 0 Å². The lowest BCUT2D eigenvalue weighted by molar-refractivity contribution is 0.0939. The Morgan fingerprint density at radius 1 is 0.773 bits per heavy atom. The SMILES string of the molecule is CC(=O)n1cc(-c2ccc(C)cc2)cc1-c1ccc(C)cc1. The van der Waals surface area contributed by atoms with E-state index in [0.29, 0.717) is 0 Å². The molecule has 3 aromatic rings. The summed E-state index contributed by atoms with van der Waals surface area (Å²) in [4.78, 5) is 12.0. The van der Waals surface area contributed by atoms with Crippen molar-refractivity contribution in [3.63, 3.8) is 0 Å². The third kappa shape index (κ3) is 2.73. The van der Waals surface area contributed by atoms with Crippen molar-refractivity contribution in [2.75, 3.05) is 0 Å². The molecule has 0 spiro atoms. The largest absolute Gasteiger partial charge is 0.287 e. The Hall–Kier alpha value is -2.61. The van der Waals surface area contributed by atoms with Crippen molar-refractivity contribution in [1.82, 2.24) is 4.57 Å². The molecule has 0 saturated heterocycles. The van der Waals surface area contributed by atoms with Crippen LogP contribution in [0.3, 0.4) is 0 Å². The minimum atomic E-state index is 0.0222. The van der Waals surface area contributed by atoms with Gasteiger partial charge in [0.05, 0.1) is 5.69 Å². The zero-order valence-corrected chi connectivity index (χ0v) is 13.1. The van der Waals surface area contributed by atoms with Gasteiger partial charge in [0.25, 0.3) is 0 Å². The highest BCUT2D eigenvalue weighted by Crippen LogP contribution is 2.29. The number of rotatable bonds is 2. The molecule has 0 atom stereocenters. The molecule has 0 unspecified atom stereocenters. The summed E-state index contributed by atoms with van der Waals surface area (Å²) in [6, 6.07) is 18.7. The third-order valence-electron chi connectivity index (χ3n) is 3.89. The molecular weight excluding hydrogens is 270 g/mol. The molecule has 0 aliphatic heterocycles. The zero-order chi connectivity index (χ0) is 15.7. The minimum Gasteiger partial charge on any atom is -0.287 e. The van der Waals surface area contributed by atoms with Gasteiger partial charge in [-0.15, -0.1) is 0 Å². The smallest absolute Gasteiger partial charge is 0.227 e. The van der Waals surface area contributed by atoms with Crippen LogP contribution in [-0.2, 0) is 0 Å². The van der Waals surface area contributed by atoms with Crippen LogP contribution in [0.15, 0.2) is 60.8 Å². The molecule has 0 aliphatic carbocycles. The van der Waals surface area contributed by atoms with E-state index in [0.717, 1.165) is 22.4 Å². The first-order valence-corrected chi connectivity index (χ1v) is 7.42. The van der Waals surface area contributed by atoms with E-state index in [9.17, 15) is 4.79 Å². The second-order valence-electron chi connectivity index (χ2n) is 5.74. The first-order valence-electron chi connectivity index (χ1n) is 7.42. The predicted octanol–water partition coefficient (Wildman–Crippen LogP) is 5.10. The number of nitrogens with zero attached hydrogens (tertiary/aromatic N) is 1. The average Bonchev–Trinajstić information content (AvgIpc) is 2.94. The first-order chi connectivity index (χ1) is 10.5. The van der Waals surface area contributed by atoms with Crippen molar-refractivity contribution in [1.29, 1.82) is 0 Å². The van der Waals surface area contributed by atoms with Crippen LogP contribution in [0.2, 0.25) is 0 Å². The second kappa shape index (κ2) is 5.64. The van der Waals surface area contributed by atoms with Gasteiger partial charge in [0.1, 0.15) is 0 Å². The molecule has 110 valence electrons. The summed E-state index contributed by atoms with van der Waals surface area (Å²) in [7, 11) is 0. The minimum absolute atomic E-state index is 0.0222. The number of benzene rings is 2. The summed E-state index contributed by atoms with van der Waals surface area (Å²) in [5, 5.41) is 0. The Morgan fingerprint density at radius 3 is 1.77 bits per heavy atom. The normalized spacial score (nSPS) is 10.7. The third-order valence-corrected chi connectivity index (χ3v) is 3.89. The van der Waals surface area contributed by atoms with E-state index in [1.165, 1.54) is 11.1 Å². The quantitative estimate of drug-likeness (QED) is 0.643. The fourth-order valence-corrected chi connectivity index (χ4v) is 2.57. The maximum Gasteiger partial charge on any atom is 0.227 e. The highest BCUT2D eigenvalue weighted by molar-refractivity contribution is 5.86. The lowest BCUT2D eigenvalue weighted by atomic mass is 10.1. The molecule has 1 aromatic heterocycles. The first kappa shape index (κ1) is 14.3. The molecule has 0 N–H and O–H groups in total. The summed E-state index contributed by atoms with van der Waals surface area (Å²) in [6.45, 7) is 5.73. The van der Waals surface area contributed by atoms with E-state index < -0.39 is 0 Å². The molecule has 0 amide bonds. The molecule has 0 aliphatic rings. The fraction of sp³-hybridized carbons (Fsp3) is 0.150. The Balaban J connectivity index is 2.11. The van der Waals surface area contributed by atoms with Gasteiger partial charge >= 0.3 is 0 Å². The van der Waals surface area contributed by atoms with Gasteiger partial charge in [0, 0.05) is 18.7 Å². The van der Waals surface area contributed by atoms with E-state index in [2.05, 4.69) is 68.4 Å². The summed E-state index contributed by atoms with van der Waals surface area (Å²) in [5.41, 5.74) is 6.61. The average molecular weight is 289 g/mol. The topological polar surface area (TPSA) is 22.0 Å². The second-order valence-corrected chi connectivity index (χ2v) is 5.74. The summed E-state index contributed by atoms with van der Waals surface area (Å²) in [6.07, 6.45) is 1.92. The maximum atomic E-state index is 12.0. The van der Waals surface area contributed by atoms with Gasteiger partial charge in [0.15, 0.2) is 0 Å². The predicted molar refractivity (Wildman–Crippen MR) is 91.1 cm³/mol. The number of hydrogen-bond donors (Lipinski definition) is 0. The molecule has 2 heteroatoms. The number of hydrogen-bond acceptors (Lipinski definition) is 1. The highest BCUT2D eigenvalue weighted by Gasteiger charge is 2.12. The molecular formula is C20H19NO. The van der Waals surface area contributed by atoms with Crippen LogP contribution in [0.4, 0.5) is 0 Å². The van der Waals surface area contributed by atoms with Crippen molar-refractivity contribution in [3.05, 3.63) is 71.9 Å². The molecule has 3 rings (SSSR count). The summed E-state index contributed by atoms with van der Waals surface area (Å²) >= 11 is 0. The van der Waals surface area contributed by atoms with E-state index in [1.54, 1.807) is 11.5 Å². The van der Waals surface area contributed by atoms with Crippen molar-refractivity contribution < 1.29 is 4.79 Å².